The first-order valence-electron chi connectivity index (χ1n) is 10.1. The zero-order valence-corrected chi connectivity index (χ0v) is 19.5. The van der Waals surface area contributed by atoms with Crippen molar-refractivity contribution in [2.75, 3.05) is 37.0 Å². The van der Waals surface area contributed by atoms with Crippen LogP contribution in [0.25, 0.3) is 0 Å². The lowest BCUT2D eigenvalue weighted by Gasteiger charge is -2.23. The minimum atomic E-state index is -3.98. The second-order valence-electron chi connectivity index (χ2n) is 7.30. The lowest BCUT2D eigenvalue weighted by atomic mass is 10.2. The van der Waals surface area contributed by atoms with E-state index in [1.54, 1.807) is 42.5 Å². The van der Waals surface area contributed by atoms with Crippen LogP contribution in [0.1, 0.15) is 5.56 Å². The summed E-state index contributed by atoms with van der Waals surface area (Å²) < 4.78 is 32.7. The van der Waals surface area contributed by atoms with Crippen LogP contribution in [-0.4, -0.2) is 48.3 Å². The molecule has 9 heteroatoms. The Morgan fingerprint density at radius 1 is 0.939 bits per heavy atom. The van der Waals surface area contributed by atoms with Gasteiger partial charge in [0.25, 0.3) is 15.9 Å². The molecule has 0 heterocycles. The van der Waals surface area contributed by atoms with Crippen molar-refractivity contribution in [3.63, 3.8) is 0 Å². The van der Waals surface area contributed by atoms with Gasteiger partial charge in [0.15, 0.2) is 0 Å². The van der Waals surface area contributed by atoms with E-state index < -0.39 is 22.5 Å². The Labute approximate surface area is 194 Å². The molecule has 0 aliphatic rings. The number of hydrogen-bond donors (Lipinski definition) is 1. The Bertz CT molecular complexity index is 1190. The number of nitrogens with one attached hydrogen (secondary N) is 1. The van der Waals surface area contributed by atoms with Crippen LogP contribution in [0, 0.1) is 0 Å². The van der Waals surface area contributed by atoms with Gasteiger partial charge in [0.2, 0.25) is 0 Å². The van der Waals surface area contributed by atoms with Gasteiger partial charge in [-0.1, -0.05) is 30.3 Å². The summed E-state index contributed by atoms with van der Waals surface area (Å²) in [6.45, 7) is -0.444. The largest absolute Gasteiger partial charge is 0.497 e. The highest BCUT2D eigenvalue weighted by Gasteiger charge is 2.27. The molecule has 3 aromatic carbocycles. The number of ether oxygens (including phenoxy) is 1. The van der Waals surface area contributed by atoms with Gasteiger partial charge in [0.1, 0.15) is 12.3 Å². The van der Waals surface area contributed by atoms with Gasteiger partial charge in [-0.3, -0.25) is 9.10 Å². The fourth-order valence-corrected chi connectivity index (χ4v) is 4.43. The Balaban J connectivity index is 1.78. The quantitative estimate of drug-likeness (QED) is 0.387. The Kier molecular flexibility index (Phi) is 7.68. The first-order chi connectivity index (χ1) is 15.8. The topological polar surface area (TPSA) is 91.3 Å². The van der Waals surface area contributed by atoms with Gasteiger partial charge in [0, 0.05) is 19.8 Å². The average Bonchev–Trinajstić information content (AvgIpc) is 2.83. The molecule has 8 nitrogen and oxygen atoms in total. The van der Waals surface area contributed by atoms with E-state index in [9.17, 15) is 13.2 Å². The van der Waals surface area contributed by atoms with Crippen LogP contribution in [0.2, 0.25) is 0 Å². The van der Waals surface area contributed by atoms with Crippen LogP contribution in [0.4, 0.5) is 11.4 Å². The predicted octanol–water partition coefficient (Wildman–Crippen LogP) is 3.11. The molecule has 1 amide bonds. The first kappa shape index (κ1) is 23.8. The number of amides is 1. The van der Waals surface area contributed by atoms with E-state index in [0.717, 1.165) is 15.6 Å². The normalized spacial score (nSPS) is 11.2. The number of benzene rings is 3. The number of sulfonamides is 1. The van der Waals surface area contributed by atoms with E-state index in [1.165, 1.54) is 25.5 Å². The highest BCUT2D eigenvalue weighted by Crippen LogP contribution is 2.25. The zero-order chi connectivity index (χ0) is 23.8. The summed E-state index contributed by atoms with van der Waals surface area (Å²) in [7, 11) is 1.43. The summed E-state index contributed by atoms with van der Waals surface area (Å²) in [5, 5.41) is 3.97. The van der Waals surface area contributed by atoms with Crippen molar-refractivity contribution < 1.29 is 17.9 Å². The number of anilines is 2. The maximum atomic E-state index is 13.3. The highest BCUT2D eigenvalue weighted by atomic mass is 32.2. The molecule has 0 bridgehead atoms. The number of carbonyl (C=O) groups is 1. The maximum absolute atomic E-state index is 13.3. The standard InChI is InChI=1S/C24H26N4O4S/c1-27(2)20-11-9-19(10-12-20)17-25-26-24(29)18-28(21-13-15-22(32-3)16-14-21)33(30,31)23-7-5-4-6-8-23/h4-17H,18H2,1-3H3,(H,26,29)/b25-17-. The lowest BCUT2D eigenvalue weighted by Crippen LogP contribution is -2.39. The maximum Gasteiger partial charge on any atom is 0.264 e. The van der Waals surface area contributed by atoms with Gasteiger partial charge >= 0.3 is 0 Å². The van der Waals surface area contributed by atoms with Crippen molar-refractivity contribution in [2.45, 2.75) is 4.90 Å². The van der Waals surface area contributed by atoms with Gasteiger partial charge in [-0.05, 0) is 54.1 Å². The van der Waals surface area contributed by atoms with Crippen molar-refractivity contribution >= 4 is 33.5 Å². The van der Waals surface area contributed by atoms with E-state index in [2.05, 4.69) is 10.5 Å². The average molecular weight is 467 g/mol. The van der Waals surface area contributed by atoms with Gasteiger partial charge in [-0.25, -0.2) is 13.8 Å². The summed E-state index contributed by atoms with van der Waals surface area (Å²) in [5.74, 6) is -0.00312. The Hall–Kier alpha value is -3.85. The first-order valence-corrected chi connectivity index (χ1v) is 11.6. The zero-order valence-electron chi connectivity index (χ0n) is 18.7. The van der Waals surface area contributed by atoms with E-state index in [-0.39, 0.29) is 4.90 Å². The molecule has 1 N–H and O–H groups in total. The smallest absolute Gasteiger partial charge is 0.264 e. The monoisotopic (exact) mass is 466 g/mol. The fourth-order valence-electron chi connectivity index (χ4n) is 2.99. The molecular formula is C24H26N4O4S. The summed E-state index contributed by atoms with van der Waals surface area (Å²) in [4.78, 5) is 14.7. The summed E-state index contributed by atoms with van der Waals surface area (Å²) >= 11 is 0. The van der Waals surface area contributed by atoms with Crippen molar-refractivity contribution in [2.24, 2.45) is 5.10 Å². The molecule has 33 heavy (non-hydrogen) atoms. The minimum absolute atomic E-state index is 0.0816. The minimum Gasteiger partial charge on any atom is -0.497 e. The van der Waals surface area contributed by atoms with E-state index >= 15 is 0 Å². The van der Waals surface area contributed by atoms with Crippen LogP contribution in [0.5, 0.6) is 5.75 Å². The fraction of sp³-hybridized carbons (Fsp3) is 0.167. The predicted molar refractivity (Wildman–Crippen MR) is 130 cm³/mol. The molecule has 0 spiro atoms. The second kappa shape index (κ2) is 10.6. The van der Waals surface area contributed by atoms with Crippen LogP contribution < -0.4 is 19.4 Å². The second-order valence-corrected chi connectivity index (χ2v) is 9.16. The molecule has 3 aromatic rings. The lowest BCUT2D eigenvalue weighted by molar-refractivity contribution is -0.119. The number of rotatable bonds is 9. The number of methoxy groups -OCH3 is 1. The van der Waals surface area contributed by atoms with Gasteiger partial charge < -0.3 is 9.64 Å². The summed E-state index contributed by atoms with van der Waals surface area (Å²) in [6, 6.07) is 22.0. The highest BCUT2D eigenvalue weighted by molar-refractivity contribution is 7.92. The molecule has 0 saturated heterocycles. The SMILES string of the molecule is COc1ccc(N(CC(=O)N/N=C\c2ccc(N(C)C)cc2)S(=O)(=O)c2ccccc2)cc1. The molecule has 0 atom stereocenters. The molecule has 0 aromatic heterocycles. The van der Waals surface area contributed by atoms with Crippen molar-refractivity contribution in [3.8, 4) is 5.75 Å². The van der Waals surface area contributed by atoms with Crippen LogP contribution in [0.3, 0.4) is 0 Å². The van der Waals surface area contributed by atoms with Gasteiger partial charge in [0.05, 0.1) is 23.9 Å². The molecule has 3 rings (SSSR count). The van der Waals surface area contributed by atoms with E-state index in [4.69, 9.17) is 4.74 Å². The molecule has 0 saturated carbocycles. The van der Waals surface area contributed by atoms with Gasteiger partial charge in [-0.2, -0.15) is 5.10 Å². The van der Waals surface area contributed by atoms with E-state index in [1.807, 2.05) is 43.3 Å². The third kappa shape index (κ3) is 6.11. The third-order valence-electron chi connectivity index (χ3n) is 4.79. The summed E-state index contributed by atoms with van der Waals surface area (Å²) in [5.41, 5.74) is 4.57. The van der Waals surface area contributed by atoms with Gasteiger partial charge in [-0.15, -0.1) is 0 Å². The molecular weight excluding hydrogens is 440 g/mol. The Morgan fingerprint density at radius 2 is 1.55 bits per heavy atom. The summed E-state index contributed by atoms with van der Waals surface area (Å²) in [6.07, 6.45) is 1.50. The third-order valence-corrected chi connectivity index (χ3v) is 6.58. The molecule has 0 aliphatic carbocycles. The number of nitrogens with zero attached hydrogens (tertiary/aromatic N) is 3. The van der Waals surface area contributed by atoms with Crippen molar-refractivity contribution in [1.82, 2.24) is 5.43 Å². The van der Waals surface area contributed by atoms with Crippen LogP contribution in [0.15, 0.2) is 88.9 Å². The molecule has 0 unspecified atom stereocenters. The van der Waals surface area contributed by atoms with Crippen LogP contribution in [-0.2, 0) is 14.8 Å². The molecule has 0 fully saturated rings. The number of hydrogen-bond acceptors (Lipinski definition) is 6. The van der Waals surface area contributed by atoms with Crippen molar-refractivity contribution in [3.05, 3.63) is 84.4 Å². The molecule has 172 valence electrons. The van der Waals surface area contributed by atoms with E-state index in [0.29, 0.717) is 11.4 Å². The Morgan fingerprint density at radius 3 is 2.12 bits per heavy atom. The van der Waals surface area contributed by atoms with Crippen molar-refractivity contribution in [1.29, 1.82) is 0 Å². The molecule has 0 aliphatic heterocycles. The number of carbonyl (C=O) groups excluding carboxylic acids is 1. The molecule has 0 radical (unpaired) electrons. The van der Waals surface area contributed by atoms with Crippen LogP contribution >= 0.6 is 0 Å². The number of hydrazone groups is 1.